The summed E-state index contributed by atoms with van der Waals surface area (Å²) < 4.78 is 6.05. The van der Waals surface area contributed by atoms with Crippen molar-refractivity contribution in [3.05, 3.63) is 77.4 Å². The molecule has 0 saturated heterocycles. The van der Waals surface area contributed by atoms with E-state index in [-0.39, 0.29) is 0 Å². The number of aryl methyl sites for hydroxylation is 2. The van der Waals surface area contributed by atoms with E-state index in [1.165, 1.54) is 16.7 Å². The topological polar surface area (TPSA) is 32.7 Å². The van der Waals surface area contributed by atoms with Crippen LogP contribution in [0.4, 0.5) is 0 Å². The van der Waals surface area contributed by atoms with Gasteiger partial charge >= 0.3 is 0 Å². The first-order chi connectivity index (χ1) is 12.9. The number of ether oxygens (including phenoxy) is 1. The standard InChI is InChI=1S/C24H28NO2/c1-17-13-18(2)15-20(14-17)19-9-10-24(27-12-11-25(3)4)22(16-19)21-7-5-6-8-23(21)26/h5,7-10,13-16,26H,6,11-12H2,1-4H3. The molecule has 3 rings (SSSR count). The number of allylic oxidation sites excluding steroid dienone is 3. The second kappa shape index (κ2) is 8.45. The highest BCUT2D eigenvalue weighted by molar-refractivity contribution is 5.84. The SMILES string of the molecule is Cc1cc(C)cc(-c2ccc(OCCN(C)C)c(C3=C[CH]CC=C3O)c2)c1. The molecule has 1 radical (unpaired) electrons. The Morgan fingerprint density at radius 1 is 1.00 bits per heavy atom. The first-order valence-corrected chi connectivity index (χ1v) is 9.37. The second-order valence-electron chi connectivity index (χ2n) is 7.38. The lowest BCUT2D eigenvalue weighted by Crippen LogP contribution is -2.19. The highest BCUT2D eigenvalue weighted by Gasteiger charge is 2.16. The van der Waals surface area contributed by atoms with Crippen molar-refractivity contribution < 1.29 is 9.84 Å². The predicted octanol–water partition coefficient (Wildman–Crippen LogP) is 5.34. The zero-order valence-corrected chi connectivity index (χ0v) is 16.6. The average molecular weight is 362 g/mol. The monoisotopic (exact) mass is 362 g/mol. The molecular weight excluding hydrogens is 334 g/mol. The van der Waals surface area contributed by atoms with Gasteiger partial charge in [-0.25, -0.2) is 0 Å². The summed E-state index contributed by atoms with van der Waals surface area (Å²) in [6.45, 7) is 5.67. The van der Waals surface area contributed by atoms with Crippen LogP contribution >= 0.6 is 0 Å². The van der Waals surface area contributed by atoms with Gasteiger partial charge in [-0.1, -0.05) is 41.5 Å². The van der Waals surface area contributed by atoms with E-state index in [1.54, 1.807) is 0 Å². The summed E-state index contributed by atoms with van der Waals surface area (Å²) >= 11 is 0. The summed E-state index contributed by atoms with van der Waals surface area (Å²) in [7, 11) is 4.06. The summed E-state index contributed by atoms with van der Waals surface area (Å²) in [5, 5.41) is 10.4. The molecule has 0 spiro atoms. The van der Waals surface area contributed by atoms with E-state index in [1.807, 2.05) is 32.3 Å². The molecule has 0 heterocycles. The largest absolute Gasteiger partial charge is 0.508 e. The van der Waals surface area contributed by atoms with Crippen LogP contribution in [0, 0.1) is 20.3 Å². The van der Waals surface area contributed by atoms with Gasteiger partial charge in [0.25, 0.3) is 0 Å². The smallest absolute Gasteiger partial charge is 0.127 e. The van der Waals surface area contributed by atoms with Gasteiger partial charge in [0.05, 0.1) is 0 Å². The fourth-order valence-corrected chi connectivity index (χ4v) is 3.31. The van der Waals surface area contributed by atoms with E-state index < -0.39 is 0 Å². The number of nitrogens with zero attached hydrogens (tertiary/aromatic N) is 1. The van der Waals surface area contributed by atoms with E-state index in [0.29, 0.717) is 12.4 Å². The van der Waals surface area contributed by atoms with Gasteiger partial charge in [0.15, 0.2) is 0 Å². The van der Waals surface area contributed by atoms with E-state index in [2.05, 4.69) is 55.5 Å². The van der Waals surface area contributed by atoms with Crippen molar-refractivity contribution in [3.8, 4) is 16.9 Å². The molecule has 1 N–H and O–H groups in total. The van der Waals surface area contributed by atoms with Crippen LogP contribution in [-0.2, 0) is 0 Å². The maximum atomic E-state index is 10.4. The van der Waals surface area contributed by atoms with E-state index in [4.69, 9.17) is 4.74 Å². The molecule has 0 unspecified atom stereocenters. The lowest BCUT2D eigenvalue weighted by atomic mass is 9.93. The van der Waals surface area contributed by atoms with Gasteiger partial charge in [-0.3, -0.25) is 0 Å². The molecular formula is C24H28NO2. The molecule has 0 saturated carbocycles. The van der Waals surface area contributed by atoms with Crippen molar-refractivity contribution in [2.75, 3.05) is 27.2 Å². The number of hydrogen-bond acceptors (Lipinski definition) is 3. The minimum Gasteiger partial charge on any atom is -0.508 e. The summed E-state index contributed by atoms with van der Waals surface area (Å²) in [6, 6.07) is 12.8. The lowest BCUT2D eigenvalue weighted by molar-refractivity contribution is 0.261. The van der Waals surface area contributed by atoms with Crippen molar-refractivity contribution in [2.24, 2.45) is 0 Å². The minimum absolute atomic E-state index is 0.313. The highest BCUT2D eigenvalue weighted by atomic mass is 16.5. The van der Waals surface area contributed by atoms with Crippen molar-refractivity contribution in [2.45, 2.75) is 20.3 Å². The molecule has 141 valence electrons. The van der Waals surface area contributed by atoms with Crippen LogP contribution in [0.15, 0.2) is 54.3 Å². The minimum atomic E-state index is 0.313. The van der Waals surface area contributed by atoms with Crippen molar-refractivity contribution in [3.63, 3.8) is 0 Å². The number of benzene rings is 2. The van der Waals surface area contributed by atoms with E-state index >= 15 is 0 Å². The molecule has 0 atom stereocenters. The molecule has 1 aliphatic rings. The molecule has 2 aromatic carbocycles. The van der Waals surface area contributed by atoms with Gasteiger partial charge in [0.2, 0.25) is 0 Å². The Labute approximate surface area is 162 Å². The number of hydrogen-bond donors (Lipinski definition) is 1. The summed E-state index contributed by atoms with van der Waals surface area (Å²) in [5.74, 6) is 1.11. The molecule has 0 fully saturated rings. The van der Waals surface area contributed by atoms with Crippen LogP contribution in [0.2, 0.25) is 0 Å². The van der Waals surface area contributed by atoms with Crippen LogP contribution in [0.25, 0.3) is 16.7 Å². The second-order valence-corrected chi connectivity index (χ2v) is 7.38. The van der Waals surface area contributed by atoms with Crippen LogP contribution in [-0.4, -0.2) is 37.3 Å². The Bertz CT molecular complexity index is 858. The molecule has 0 aliphatic heterocycles. The molecule has 27 heavy (non-hydrogen) atoms. The molecule has 0 amide bonds. The maximum absolute atomic E-state index is 10.4. The zero-order chi connectivity index (χ0) is 19.4. The molecule has 3 nitrogen and oxygen atoms in total. The zero-order valence-electron chi connectivity index (χ0n) is 16.6. The number of aliphatic hydroxyl groups excluding tert-OH is 1. The molecule has 0 bridgehead atoms. The Kier molecular flexibility index (Phi) is 6.02. The van der Waals surface area contributed by atoms with Crippen LogP contribution in [0.5, 0.6) is 5.75 Å². The van der Waals surface area contributed by atoms with Gasteiger partial charge in [-0.15, -0.1) is 0 Å². The number of aliphatic hydroxyl groups is 1. The summed E-state index contributed by atoms with van der Waals surface area (Å²) in [6.07, 6.45) is 6.63. The van der Waals surface area contributed by atoms with Gasteiger partial charge in [-0.05, 0) is 70.1 Å². The fourth-order valence-electron chi connectivity index (χ4n) is 3.31. The maximum Gasteiger partial charge on any atom is 0.127 e. The lowest BCUT2D eigenvalue weighted by Gasteiger charge is -2.19. The fraction of sp³-hybridized carbons (Fsp3) is 0.292. The van der Waals surface area contributed by atoms with Crippen LogP contribution < -0.4 is 4.74 Å². The third-order valence-corrected chi connectivity index (χ3v) is 4.63. The van der Waals surface area contributed by atoms with Crippen LogP contribution in [0.3, 0.4) is 0 Å². The van der Waals surface area contributed by atoms with Crippen molar-refractivity contribution >= 4 is 5.57 Å². The Balaban J connectivity index is 2.02. The first kappa shape index (κ1) is 19.2. The van der Waals surface area contributed by atoms with E-state index in [0.717, 1.165) is 35.4 Å². The van der Waals surface area contributed by atoms with Crippen LogP contribution in [0.1, 0.15) is 23.1 Å². The molecule has 3 heteroatoms. The van der Waals surface area contributed by atoms with Gasteiger partial charge in [0.1, 0.15) is 18.1 Å². The Morgan fingerprint density at radius 3 is 2.41 bits per heavy atom. The summed E-state index contributed by atoms with van der Waals surface area (Å²) in [4.78, 5) is 2.09. The molecule has 2 aromatic rings. The third kappa shape index (κ3) is 4.81. The van der Waals surface area contributed by atoms with E-state index in [9.17, 15) is 5.11 Å². The predicted molar refractivity (Wildman–Crippen MR) is 113 cm³/mol. The highest BCUT2D eigenvalue weighted by Crippen LogP contribution is 2.36. The van der Waals surface area contributed by atoms with Gasteiger partial charge < -0.3 is 14.7 Å². The first-order valence-electron chi connectivity index (χ1n) is 9.37. The third-order valence-electron chi connectivity index (χ3n) is 4.63. The van der Waals surface area contributed by atoms with Gasteiger partial charge in [-0.2, -0.15) is 0 Å². The average Bonchev–Trinajstić information content (AvgIpc) is 2.61. The normalized spacial score (nSPS) is 14.1. The molecule has 1 aliphatic carbocycles. The Hall–Kier alpha value is -2.52. The number of rotatable bonds is 6. The van der Waals surface area contributed by atoms with Gasteiger partial charge in [0, 0.05) is 17.7 Å². The summed E-state index contributed by atoms with van der Waals surface area (Å²) in [5.41, 5.74) is 6.52. The van der Waals surface area contributed by atoms with Crippen molar-refractivity contribution in [1.82, 2.24) is 4.90 Å². The molecule has 0 aromatic heterocycles. The quantitative estimate of drug-likeness (QED) is 0.752. The number of likely N-dealkylation sites (N-methyl/N-ethyl adjacent to an activating group) is 1. The Morgan fingerprint density at radius 2 is 1.74 bits per heavy atom. The van der Waals surface area contributed by atoms with Crippen molar-refractivity contribution in [1.29, 1.82) is 0 Å².